The maximum atomic E-state index is 11.9. The van der Waals surface area contributed by atoms with Crippen LogP contribution in [0.3, 0.4) is 0 Å². The van der Waals surface area contributed by atoms with Gasteiger partial charge in [-0.3, -0.25) is 14.4 Å². The Morgan fingerprint density at radius 1 is 0.614 bits per heavy atom. The summed E-state index contributed by atoms with van der Waals surface area (Å²) in [5.74, 6) is 0.330. The average Bonchev–Trinajstić information content (AvgIpc) is 3.00. The molecule has 6 nitrogen and oxygen atoms in total. The van der Waals surface area contributed by atoms with E-state index in [1.165, 1.54) is 44.9 Å². The summed E-state index contributed by atoms with van der Waals surface area (Å²) in [7, 11) is 0. The zero-order valence-electron chi connectivity index (χ0n) is 28.3. The molecule has 0 aliphatic rings. The molecule has 0 aliphatic carbocycles. The Labute approximate surface area is 269 Å². The van der Waals surface area contributed by atoms with Crippen LogP contribution in [0.4, 0.5) is 0 Å². The number of rotatable bonds is 30. The summed E-state index contributed by atoms with van der Waals surface area (Å²) in [4.78, 5) is 35.4. The number of carbonyl (C=O) groups excluding carboxylic acids is 3. The molecule has 0 spiro atoms. The zero-order chi connectivity index (χ0) is 32.5. The van der Waals surface area contributed by atoms with Gasteiger partial charge in [0, 0.05) is 19.3 Å². The Bertz CT molecular complexity index is 823. The SMILES string of the molecule is CCCCCC(=O)/C=C/C=C\C/C=C\C/C=C\CCCC(=O)OC[C@H](O)COC(=O)CCCCCCCCCCCC(C)C. The monoisotopic (exact) mass is 616 g/mol. The highest BCUT2D eigenvalue weighted by molar-refractivity contribution is 5.89. The van der Waals surface area contributed by atoms with Crippen LogP contribution >= 0.6 is 0 Å². The normalized spacial score (nSPS) is 12.8. The predicted octanol–water partition coefficient (Wildman–Crippen LogP) is 9.71. The Hall–Kier alpha value is -2.47. The summed E-state index contributed by atoms with van der Waals surface area (Å²) in [5, 5.41) is 9.96. The second kappa shape index (κ2) is 31.9. The van der Waals surface area contributed by atoms with Crippen LogP contribution in [-0.4, -0.2) is 42.1 Å². The smallest absolute Gasteiger partial charge is 0.305 e. The Balaban J connectivity index is 3.63. The standard InChI is InChI=1S/C38H64O6/c1-4-5-22-28-35(39)29-24-19-15-11-7-6-8-12-16-20-25-30-37(41)43-32-36(40)33-44-38(42)31-26-21-17-13-9-10-14-18-23-27-34(2)3/h6-7,12,15-16,19,24,29,34,36,40H,4-5,8-11,13-14,17-18,20-23,25-28,30-33H2,1-3H3/b7-6-,16-12-,19-15-,29-24+/t36-/m0/s1. The third kappa shape index (κ3) is 32.4. The van der Waals surface area contributed by atoms with Crippen LogP contribution < -0.4 is 0 Å². The van der Waals surface area contributed by atoms with Crippen molar-refractivity contribution in [1.82, 2.24) is 0 Å². The lowest BCUT2D eigenvalue weighted by atomic mass is 10.0. The number of ether oxygens (including phenoxy) is 2. The largest absolute Gasteiger partial charge is 0.463 e. The minimum Gasteiger partial charge on any atom is -0.463 e. The quantitative estimate of drug-likeness (QED) is 0.0284. The lowest BCUT2D eigenvalue weighted by Crippen LogP contribution is -2.25. The van der Waals surface area contributed by atoms with E-state index in [0.717, 1.165) is 63.7 Å². The number of esters is 2. The molecule has 0 aromatic carbocycles. The van der Waals surface area contributed by atoms with Crippen LogP contribution in [0.2, 0.25) is 0 Å². The summed E-state index contributed by atoms with van der Waals surface area (Å²) in [6.45, 7) is 6.38. The molecule has 0 unspecified atom stereocenters. The maximum absolute atomic E-state index is 11.9. The number of allylic oxidation sites excluding steroid dienone is 8. The van der Waals surface area contributed by atoms with Gasteiger partial charge in [0.05, 0.1) is 0 Å². The molecule has 0 radical (unpaired) electrons. The molecule has 0 bridgehead atoms. The first-order valence-corrected chi connectivity index (χ1v) is 17.5. The fourth-order valence-corrected chi connectivity index (χ4v) is 4.51. The van der Waals surface area contributed by atoms with Gasteiger partial charge in [0.15, 0.2) is 5.78 Å². The first-order chi connectivity index (χ1) is 21.3. The summed E-state index contributed by atoms with van der Waals surface area (Å²) in [6, 6.07) is 0. The highest BCUT2D eigenvalue weighted by Gasteiger charge is 2.12. The van der Waals surface area contributed by atoms with Crippen molar-refractivity contribution in [2.75, 3.05) is 13.2 Å². The van der Waals surface area contributed by atoms with E-state index in [2.05, 4.69) is 39.0 Å². The van der Waals surface area contributed by atoms with Crippen molar-refractivity contribution in [2.24, 2.45) is 5.92 Å². The average molecular weight is 617 g/mol. The van der Waals surface area contributed by atoms with Gasteiger partial charge >= 0.3 is 11.9 Å². The predicted molar refractivity (Wildman–Crippen MR) is 182 cm³/mol. The molecule has 252 valence electrons. The second-order valence-electron chi connectivity index (χ2n) is 12.2. The van der Waals surface area contributed by atoms with Gasteiger partial charge in [0.2, 0.25) is 0 Å². The van der Waals surface area contributed by atoms with E-state index in [-0.39, 0.29) is 37.4 Å². The summed E-state index contributed by atoms with van der Waals surface area (Å²) >= 11 is 0. The van der Waals surface area contributed by atoms with E-state index in [9.17, 15) is 19.5 Å². The molecule has 0 aromatic heterocycles. The van der Waals surface area contributed by atoms with Crippen molar-refractivity contribution in [3.05, 3.63) is 48.6 Å². The minimum atomic E-state index is -1.00. The third-order valence-corrected chi connectivity index (χ3v) is 7.22. The van der Waals surface area contributed by atoms with Crippen molar-refractivity contribution < 1.29 is 29.0 Å². The second-order valence-corrected chi connectivity index (χ2v) is 12.2. The molecule has 0 saturated heterocycles. The summed E-state index contributed by atoms with van der Waals surface area (Å²) in [5.41, 5.74) is 0. The molecule has 0 saturated carbocycles. The van der Waals surface area contributed by atoms with Crippen molar-refractivity contribution in [3.8, 4) is 0 Å². The van der Waals surface area contributed by atoms with Gasteiger partial charge in [0.1, 0.15) is 19.3 Å². The van der Waals surface area contributed by atoms with Crippen molar-refractivity contribution in [3.63, 3.8) is 0 Å². The Kier molecular flexibility index (Phi) is 30.1. The van der Waals surface area contributed by atoms with Crippen LogP contribution in [0.1, 0.15) is 149 Å². The lowest BCUT2D eigenvalue weighted by Gasteiger charge is -2.12. The van der Waals surface area contributed by atoms with Crippen molar-refractivity contribution in [2.45, 2.75) is 155 Å². The number of carbonyl (C=O) groups is 3. The molecular formula is C38H64O6. The number of hydrogen-bond acceptors (Lipinski definition) is 6. The number of aliphatic hydroxyl groups is 1. The van der Waals surface area contributed by atoms with Gasteiger partial charge in [-0.05, 0) is 50.5 Å². The molecule has 6 heteroatoms. The zero-order valence-corrected chi connectivity index (χ0v) is 28.3. The number of aliphatic hydroxyl groups excluding tert-OH is 1. The van der Waals surface area contributed by atoms with Gasteiger partial charge in [-0.15, -0.1) is 0 Å². The van der Waals surface area contributed by atoms with Gasteiger partial charge in [-0.25, -0.2) is 0 Å². The minimum absolute atomic E-state index is 0.148. The van der Waals surface area contributed by atoms with E-state index in [1.54, 1.807) is 6.08 Å². The van der Waals surface area contributed by atoms with Gasteiger partial charge in [-0.1, -0.05) is 134 Å². The molecular weight excluding hydrogens is 552 g/mol. The molecule has 1 atom stereocenters. The third-order valence-electron chi connectivity index (χ3n) is 7.22. The summed E-state index contributed by atoms with van der Waals surface area (Å²) in [6.07, 6.45) is 34.3. The highest BCUT2D eigenvalue weighted by Crippen LogP contribution is 2.13. The molecule has 0 aliphatic heterocycles. The molecule has 1 N–H and O–H groups in total. The summed E-state index contributed by atoms with van der Waals surface area (Å²) < 4.78 is 10.2. The van der Waals surface area contributed by atoms with E-state index < -0.39 is 6.10 Å². The number of hydrogen-bond donors (Lipinski definition) is 1. The van der Waals surface area contributed by atoms with Crippen LogP contribution in [0, 0.1) is 5.92 Å². The van der Waals surface area contributed by atoms with Gasteiger partial charge < -0.3 is 14.6 Å². The van der Waals surface area contributed by atoms with E-state index in [1.807, 2.05) is 24.3 Å². The lowest BCUT2D eigenvalue weighted by molar-refractivity contribution is -0.152. The molecule has 0 heterocycles. The molecule has 0 fully saturated rings. The van der Waals surface area contributed by atoms with Gasteiger partial charge in [0.25, 0.3) is 0 Å². The maximum Gasteiger partial charge on any atom is 0.305 e. The molecule has 0 aromatic rings. The topological polar surface area (TPSA) is 89.9 Å². The Morgan fingerprint density at radius 3 is 1.75 bits per heavy atom. The van der Waals surface area contributed by atoms with Crippen LogP contribution in [0.5, 0.6) is 0 Å². The first-order valence-electron chi connectivity index (χ1n) is 17.5. The highest BCUT2D eigenvalue weighted by atomic mass is 16.6. The van der Waals surface area contributed by atoms with E-state index in [4.69, 9.17) is 9.47 Å². The van der Waals surface area contributed by atoms with E-state index >= 15 is 0 Å². The first kappa shape index (κ1) is 41.5. The molecule has 0 amide bonds. The molecule has 0 rings (SSSR count). The number of ketones is 1. The van der Waals surface area contributed by atoms with Gasteiger partial charge in [-0.2, -0.15) is 0 Å². The fraction of sp³-hybridized carbons (Fsp3) is 0.711. The van der Waals surface area contributed by atoms with Crippen molar-refractivity contribution in [1.29, 1.82) is 0 Å². The Morgan fingerprint density at radius 2 is 1.14 bits per heavy atom. The van der Waals surface area contributed by atoms with Crippen LogP contribution in [-0.2, 0) is 23.9 Å². The van der Waals surface area contributed by atoms with Crippen LogP contribution in [0.25, 0.3) is 0 Å². The van der Waals surface area contributed by atoms with Crippen molar-refractivity contribution >= 4 is 17.7 Å². The van der Waals surface area contributed by atoms with E-state index in [0.29, 0.717) is 19.3 Å². The fourth-order valence-electron chi connectivity index (χ4n) is 4.51. The van der Waals surface area contributed by atoms with Crippen LogP contribution in [0.15, 0.2) is 48.6 Å². The number of unbranched alkanes of at least 4 members (excludes halogenated alkanes) is 11. The molecule has 44 heavy (non-hydrogen) atoms.